The number of hydrogen-bond acceptors (Lipinski definition) is 6. The Bertz CT molecular complexity index is 718. The first kappa shape index (κ1) is 18.3. The lowest BCUT2D eigenvalue weighted by molar-refractivity contribution is 0.0146. The highest BCUT2D eigenvalue weighted by Gasteiger charge is 2.25. The van der Waals surface area contributed by atoms with Crippen molar-refractivity contribution in [1.82, 2.24) is 30.0 Å². The number of hydrogen-bond donors (Lipinski definition) is 0. The van der Waals surface area contributed by atoms with E-state index in [-0.39, 0.29) is 6.09 Å². The molecule has 1 aromatic heterocycles. The van der Waals surface area contributed by atoms with Crippen molar-refractivity contribution in [3.63, 3.8) is 0 Å². The van der Waals surface area contributed by atoms with Crippen LogP contribution in [0.1, 0.15) is 26.3 Å². The Hall–Kier alpha value is -2.48. The fourth-order valence-corrected chi connectivity index (χ4v) is 2.90. The second kappa shape index (κ2) is 7.82. The van der Waals surface area contributed by atoms with Crippen molar-refractivity contribution in [3.8, 4) is 5.69 Å². The standard InChI is InChI=1S/C18H26N6O2/c1-18(2,3)26-17(25)23-11-9-22(10-12-23)8-7-15-5-4-6-16(13-15)24-14-19-20-21-24/h4-6,13-14H,7-12H2,1-3H3. The number of rotatable bonds is 4. The van der Waals surface area contributed by atoms with Gasteiger partial charge in [-0.1, -0.05) is 12.1 Å². The third-order valence-electron chi connectivity index (χ3n) is 4.26. The van der Waals surface area contributed by atoms with Gasteiger partial charge < -0.3 is 9.64 Å². The van der Waals surface area contributed by atoms with Crippen LogP contribution in [0, 0.1) is 0 Å². The van der Waals surface area contributed by atoms with E-state index >= 15 is 0 Å². The molecular formula is C18H26N6O2. The maximum atomic E-state index is 12.1. The minimum absolute atomic E-state index is 0.216. The summed E-state index contributed by atoms with van der Waals surface area (Å²) in [5.74, 6) is 0. The van der Waals surface area contributed by atoms with Gasteiger partial charge in [0.2, 0.25) is 0 Å². The van der Waals surface area contributed by atoms with Crippen LogP contribution in [-0.2, 0) is 11.2 Å². The van der Waals surface area contributed by atoms with E-state index in [1.165, 1.54) is 5.56 Å². The van der Waals surface area contributed by atoms with Gasteiger partial charge >= 0.3 is 6.09 Å². The number of benzene rings is 1. The maximum absolute atomic E-state index is 12.1. The van der Waals surface area contributed by atoms with Crippen molar-refractivity contribution in [1.29, 1.82) is 0 Å². The Balaban J connectivity index is 1.47. The van der Waals surface area contributed by atoms with Crippen LogP contribution in [0.25, 0.3) is 5.69 Å². The highest BCUT2D eigenvalue weighted by Crippen LogP contribution is 2.13. The van der Waals surface area contributed by atoms with Crippen LogP contribution in [0.3, 0.4) is 0 Å². The molecule has 2 heterocycles. The first-order chi connectivity index (χ1) is 12.4. The fraction of sp³-hybridized carbons (Fsp3) is 0.556. The van der Waals surface area contributed by atoms with Gasteiger partial charge in [0.25, 0.3) is 0 Å². The lowest BCUT2D eigenvalue weighted by Gasteiger charge is -2.35. The molecule has 8 nitrogen and oxygen atoms in total. The molecule has 0 atom stereocenters. The van der Waals surface area contributed by atoms with Gasteiger partial charge in [-0.15, -0.1) is 5.10 Å². The third-order valence-corrected chi connectivity index (χ3v) is 4.26. The molecule has 1 amide bonds. The van der Waals surface area contributed by atoms with Crippen molar-refractivity contribution >= 4 is 6.09 Å². The molecule has 1 aliphatic rings. The molecule has 140 valence electrons. The number of tetrazole rings is 1. The van der Waals surface area contributed by atoms with E-state index in [2.05, 4.69) is 32.6 Å². The Morgan fingerprint density at radius 2 is 1.96 bits per heavy atom. The van der Waals surface area contributed by atoms with Gasteiger partial charge in [0.15, 0.2) is 0 Å². The van der Waals surface area contributed by atoms with Crippen molar-refractivity contribution in [3.05, 3.63) is 36.2 Å². The van der Waals surface area contributed by atoms with Crippen molar-refractivity contribution in [2.45, 2.75) is 32.8 Å². The summed E-state index contributed by atoms with van der Waals surface area (Å²) in [6.45, 7) is 9.79. The summed E-state index contributed by atoms with van der Waals surface area (Å²) in [5, 5.41) is 11.3. The summed E-state index contributed by atoms with van der Waals surface area (Å²) < 4.78 is 7.10. The Morgan fingerprint density at radius 3 is 2.62 bits per heavy atom. The summed E-state index contributed by atoms with van der Waals surface area (Å²) in [6.07, 6.45) is 2.32. The number of ether oxygens (including phenoxy) is 1. The van der Waals surface area contributed by atoms with Gasteiger partial charge in [0.1, 0.15) is 11.9 Å². The van der Waals surface area contributed by atoms with Gasteiger partial charge in [0.05, 0.1) is 5.69 Å². The number of carbonyl (C=O) groups is 1. The van der Waals surface area contributed by atoms with E-state index in [9.17, 15) is 4.79 Å². The first-order valence-electron chi connectivity index (χ1n) is 8.93. The van der Waals surface area contributed by atoms with Crippen LogP contribution in [0.2, 0.25) is 0 Å². The highest BCUT2D eigenvalue weighted by atomic mass is 16.6. The number of amides is 1. The maximum Gasteiger partial charge on any atom is 0.410 e. The van der Waals surface area contributed by atoms with Gasteiger partial charge in [-0.3, -0.25) is 4.90 Å². The normalized spacial score (nSPS) is 15.9. The Labute approximate surface area is 153 Å². The molecular weight excluding hydrogens is 332 g/mol. The predicted molar refractivity (Wildman–Crippen MR) is 97.1 cm³/mol. The van der Waals surface area contributed by atoms with Crippen LogP contribution < -0.4 is 0 Å². The molecule has 1 fully saturated rings. The topological polar surface area (TPSA) is 76.4 Å². The van der Waals surface area contributed by atoms with E-state index in [4.69, 9.17) is 4.74 Å². The van der Waals surface area contributed by atoms with Crippen LogP contribution in [0.4, 0.5) is 4.79 Å². The summed E-state index contributed by atoms with van der Waals surface area (Å²) in [4.78, 5) is 16.3. The smallest absolute Gasteiger partial charge is 0.410 e. The monoisotopic (exact) mass is 358 g/mol. The Morgan fingerprint density at radius 1 is 1.19 bits per heavy atom. The molecule has 0 unspecified atom stereocenters. The predicted octanol–water partition coefficient (Wildman–Crippen LogP) is 1.76. The van der Waals surface area contributed by atoms with Crippen molar-refractivity contribution < 1.29 is 9.53 Å². The third kappa shape index (κ3) is 5.01. The average Bonchev–Trinajstić information content (AvgIpc) is 3.14. The minimum atomic E-state index is -0.446. The molecule has 3 rings (SSSR count). The van der Waals surface area contributed by atoms with Gasteiger partial charge in [0, 0.05) is 32.7 Å². The molecule has 0 N–H and O–H groups in total. The summed E-state index contributed by atoms with van der Waals surface area (Å²) in [7, 11) is 0. The minimum Gasteiger partial charge on any atom is -0.444 e. The largest absolute Gasteiger partial charge is 0.444 e. The molecule has 0 bridgehead atoms. The van der Waals surface area contributed by atoms with E-state index in [0.717, 1.165) is 31.7 Å². The van der Waals surface area contributed by atoms with Crippen LogP contribution >= 0.6 is 0 Å². The van der Waals surface area contributed by atoms with E-state index in [1.54, 1.807) is 15.9 Å². The zero-order chi connectivity index (χ0) is 18.6. The SMILES string of the molecule is CC(C)(C)OC(=O)N1CCN(CCc2cccc(-n3cnnn3)c2)CC1. The fourth-order valence-electron chi connectivity index (χ4n) is 2.90. The lowest BCUT2D eigenvalue weighted by atomic mass is 10.1. The van der Waals surface area contributed by atoms with Crippen molar-refractivity contribution in [2.24, 2.45) is 0 Å². The van der Waals surface area contributed by atoms with Gasteiger partial charge in [-0.25, -0.2) is 9.48 Å². The molecule has 0 aliphatic carbocycles. The van der Waals surface area contributed by atoms with E-state index in [0.29, 0.717) is 13.1 Å². The number of aromatic nitrogens is 4. The first-order valence-corrected chi connectivity index (χ1v) is 8.93. The van der Waals surface area contributed by atoms with E-state index < -0.39 is 5.60 Å². The molecule has 1 saturated heterocycles. The van der Waals surface area contributed by atoms with Crippen LogP contribution in [-0.4, -0.2) is 74.4 Å². The summed E-state index contributed by atoms with van der Waals surface area (Å²) >= 11 is 0. The second-order valence-electron chi connectivity index (χ2n) is 7.48. The highest BCUT2D eigenvalue weighted by molar-refractivity contribution is 5.68. The number of piperazine rings is 1. The molecule has 26 heavy (non-hydrogen) atoms. The van der Waals surface area contributed by atoms with Crippen molar-refractivity contribution in [2.75, 3.05) is 32.7 Å². The molecule has 1 aliphatic heterocycles. The quantitative estimate of drug-likeness (QED) is 0.829. The van der Waals surface area contributed by atoms with Gasteiger partial charge in [-0.2, -0.15) is 0 Å². The average molecular weight is 358 g/mol. The second-order valence-corrected chi connectivity index (χ2v) is 7.48. The zero-order valence-electron chi connectivity index (χ0n) is 15.6. The summed E-state index contributed by atoms with van der Waals surface area (Å²) in [6, 6.07) is 8.23. The number of nitrogens with zero attached hydrogens (tertiary/aromatic N) is 6. The molecule has 8 heteroatoms. The zero-order valence-corrected chi connectivity index (χ0v) is 15.6. The number of carbonyl (C=O) groups excluding carboxylic acids is 1. The lowest BCUT2D eigenvalue weighted by Crippen LogP contribution is -2.50. The molecule has 1 aromatic carbocycles. The van der Waals surface area contributed by atoms with Crippen LogP contribution in [0.5, 0.6) is 0 Å². The molecule has 2 aromatic rings. The summed E-state index contributed by atoms with van der Waals surface area (Å²) in [5.41, 5.74) is 1.76. The van der Waals surface area contributed by atoms with E-state index in [1.807, 2.05) is 32.9 Å². The van der Waals surface area contributed by atoms with Crippen LogP contribution in [0.15, 0.2) is 30.6 Å². The Kier molecular flexibility index (Phi) is 5.51. The van der Waals surface area contributed by atoms with Gasteiger partial charge in [-0.05, 0) is 55.3 Å². The molecule has 0 saturated carbocycles. The molecule has 0 radical (unpaired) electrons. The molecule has 0 spiro atoms.